The second-order valence-electron chi connectivity index (χ2n) is 8.70. The van der Waals surface area contributed by atoms with Crippen LogP contribution in [-0.4, -0.2) is 35.9 Å². The van der Waals surface area contributed by atoms with Crippen LogP contribution < -0.4 is 5.32 Å². The molecular formula is C29H33N3O. The number of unbranched alkanes of at least 4 members (excludes halogenated alkanes) is 1. The van der Waals surface area contributed by atoms with Crippen molar-refractivity contribution >= 4 is 16.8 Å². The standard InChI is InChI=1S/C29H33N3O/c1-32(20-18-24-21-31-28-17-8-7-15-26(24)28)22-25-14-5-6-16-27(25)29(33)30-19-10-9-13-23-11-3-2-4-12-23/h2-8,11-12,14-17,21,31H,9-10,13,18-20,22H2,1H3,(H,30,33). The van der Waals surface area contributed by atoms with E-state index >= 15 is 0 Å². The Labute approximate surface area is 196 Å². The molecule has 0 aliphatic heterocycles. The molecule has 4 heteroatoms. The van der Waals surface area contributed by atoms with Gasteiger partial charge in [0.2, 0.25) is 0 Å². The highest BCUT2D eigenvalue weighted by atomic mass is 16.1. The molecule has 4 nitrogen and oxygen atoms in total. The Balaban J connectivity index is 1.26. The second-order valence-corrected chi connectivity index (χ2v) is 8.70. The van der Waals surface area contributed by atoms with Gasteiger partial charge in [-0.15, -0.1) is 0 Å². The number of hydrogen-bond acceptors (Lipinski definition) is 2. The zero-order valence-electron chi connectivity index (χ0n) is 19.4. The average Bonchev–Trinajstić information content (AvgIpc) is 3.26. The molecule has 0 aliphatic carbocycles. The van der Waals surface area contributed by atoms with Gasteiger partial charge in [-0.2, -0.15) is 0 Å². The topological polar surface area (TPSA) is 48.1 Å². The third-order valence-electron chi connectivity index (χ3n) is 6.16. The van der Waals surface area contributed by atoms with Crippen molar-refractivity contribution in [1.82, 2.24) is 15.2 Å². The first-order valence-corrected chi connectivity index (χ1v) is 11.8. The maximum absolute atomic E-state index is 12.8. The number of para-hydroxylation sites is 1. The Hall–Kier alpha value is -3.37. The summed E-state index contributed by atoms with van der Waals surface area (Å²) in [7, 11) is 2.12. The van der Waals surface area contributed by atoms with Gasteiger partial charge in [0.1, 0.15) is 0 Å². The molecule has 0 saturated carbocycles. The number of benzene rings is 3. The number of H-pyrrole nitrogens is 1. The van der Waals surface area contributed by atoms with E-state index in [4.69, 9.17) is 0 Å². The van der Waals surface area contributed by atoms with Gasteiger partial charge in [-0.3, -0.25) is 4.79 Å². The molecule has 0 bridgehead atoms. The lowest BCUT2D eigenvalue weighted by atomic mass is 10.1. The molecule has 1 amide bonds. The number of amides is 1. The highest BCUT2D eigenvalue weighted by molar-refractivity contribution is 5.95. The summed E-state index contributed by atoms with van der Waals surface area (Å²) < 4.78 is 0. The van der Waals surface area contributed by atoms with Gasteiger partial charge in [-0.25, -0.2) is 0 Å². The van der Waals surface area contributed by atoms with Gasteiger partial charge in [-0.05, 0) is 61.6 Å². The molecule has 0 fully saturated rings. The largest absolute Gasteiger partial charge is 0.361 e. The maximum atomic E-state index is 12.8. The summed E-state index contributed by atoms with van der Waals surface area (Å²) in [5.74, 6) is 0.0235. The molecular weight excluding hydrogens is 406 g/mol. The van der Waals surface area contributed by atoms with Gasteiger partial charge < -0.3 is 15.2 Å². The van der Waals surface area contributed by atoms with Crippen LogP contribution in [0, 0.1) is 0 Å². The number of rotatable bonds is 11. The van der Waals surface area contributed by atoms with Gasteiger partial charge in [0.15, 0.2) is 0 Å². The SMILES string of the molecule is CN(CCc1c[nH]c2ccccc12)Cc1ccccc1C(=O)NCCCCc1ccccc1. The number of likely N-dealkylation sites (N-methyl/N-ethyl adjacent to an activating group) is 1. The maximum Gasteiger partial charge on any atom is 0.251 e. The van der Waals surface area contributed by atoms with Crippen LogP contribution in [0.4, 0.5) is 0 Å². The van der Waals surface area contributed by atoms with Crippen LogP contribution in [0.15, 0.2) is 85.1 Å². The molecule has 0 unspecified atom stereocenters. The Bertz CT molecular complexity index is 1170. The molecule has 0 spiro atoms. The molecule has 1 aromatic heterocycles. The molecule has 0 aliphatic rings. The molecule has 0 radical (unpaired) electrons. The van der Waals surface area contributed by atoms with Crippen LogP contribution in [0.3, 0.4) is 0 Å². The van der Waals surface area contributed by atoms with Crippen molar-refractivity contribution < 1.29 is 4.79 Å². The van der Waals surface area contributed by atoms with Crippen LogP contribution in [0.5, 0.6) is 0 Å². The zero-order valence-corrected chi connectivity index (χ0v) is 19.4. The number of carbonyl (C=O) groups excluding carboxylic acids is 1. The Morgan fingerprint density at radius 2 is 1.61 bits per heavy atom. The first-order valence-electron chi connectivity index (χ1n) is 11.8. The molecule has 2 N–H and O–H groups in total. The summed E-state index contributed by atoms with van der Waals surface area (Å²) in [4.78, 5) is 18.5. The molecule has 0 atom stereocenters. The zero-order chi connectivity index (χ0) is 22.9. The number of hydrogen-bond donors (Lipinski definition) is 2. The minimum atomic E-state index is 0.0235. The van der Waals surface area contributed by atoms with E-state index in [9.17, 15) is 4.79 Å². The summed E-state index contributed by atoms with van der Waals surface area (Å²) in [5, 5.41) is 4.40. The first-order chi connectivity index (χ1) is 16.2. The highest BCUT2D eigenvalue weighted by Gasteiger charge is 2.12. The smallest absolute Gasteiger partial charge is 0.251 e. The van der Waals surface area contributed by atoms with Gasteiger partial charge in [0.25, 0.3) is 5.91 Å². The number of aromatic nitrogens is 1. The number of nitrogens with one attached hydrogen (secondary N) is 2. The predicted molar refractivity (Wildman–Crippen MR) is 136 cm³/mol. The van der Waals surface area contributed by atoms with E-state index < -0.39 is 0 Å². The van der Waals surface area contributed by atoms with Crippen molar-refractivity contribution in [2.24, 2.45) is 0 Å². The second kappa shape index (κ2) is 11.5. The normalized spacial score (nSPS) is 11.2. The fourth-order valence-corrected chi connectivity index (χ4v) is 4.30. The molecule has 3 aromatic carbocycles. The van der Waals surface area contributed by atoms with Crippen LogP contribution in [0.1, 0.15) is 39.9 Å². The molecule has 170 valence electrons. The van der Waals surface area contributed by atoms with Gasteiger partial charge in [0, 0.05) is 42.3 Å². The molecule has 4 aromatic rings. The number of carbonyl (C=O) groups is 1. The van der Waals surface area contributed by atoms with Crippen molar-refractivity contribution in [3.8, 4) is 0 Å². The van der Waals surface area contributed by atoms with Crippen molar-refractivity contribution in [3.05, 3.63) is 107 Å². The fourth-order valence-electron chi connectivity index (χ4n) is 4.30. The van der Waals surface area contributed by atoms with E-state index in [1.165, 1.54) is 22.0 Å². The third kappa shape index (κ3) is 6.33. The van der Waals surface area contributed by atoms with Crippen molar-refractivity contribution in [3.63, 3.8) is 0 Å². The van der Waals surface area contributed by atoms with E-state index in [-0.39, 0.29) is 5.91 Å². The van der Waals surface area contributed by atoms with E-state index in [1.54, 1.807) is 0 Å². The van der Waals surface area contributed by atoms with Crippen LogP contribution in [0.2, 0.25) is 0 Å². The summed E-state index contributed by atoms with van der Waals surface area (Å²) in [5.41, 5.74) is 5.71. The molecule has 1 heterocycles. The summed E-state index contributed by atoms with van der Waals surface area (Å²) in [6.45, 7) is 2.38. The minimum absolute atomic E-state index is 0.0235. The van der Waals surface area contributed by atoms with Gasteiger partial charge >= 0.3 is 0 Å². The van der Waals surface area contributed by atoms with E-state index in [0.29, 0.717) is 6.54 Å². The quantitative estimate of drug-likeness (QED) is 0.299. The molecule has 4 rings (SSSR count). The molecule has 33 heavy (non-hydrogen) atoms. The number of aryl methyl sites for hydroxylation is 1. The van der Waals surface area contributed by atoms with E-state index in [1.807, 2.05) is 24.3 Å². The Morgan fingerprint density at radius 3 is 2.48 bits per heavy atom. The lowest BCUT2D eigenvalue weighted by molar-refractivity contribution is 0.0951. The number of fused-ring (bicyclic) bond motifs is 1. The fraction of sp³-hybridized carbons (Fsp3) is 0.276. The van der Waals surface area contributed by atoms with E-state index in [2.05, 4.69) is 83.0 Å². The van der Waals surface area contributed by atoms with Crippen LogP contribution in [-0.2, 0) is 19.4 Å². The lowest BCUT2D eigenvalue weighted by Gasteiger charge is -2.18. The number of aromatic amines is 1. The van der Waals surface area contributed by atoms with Crippen LogP contribution in [0.25, 0.3) is 10.9 Å². The van der Waals surface area contributed by atoms with Crippen molar-refractivity contribution in [2.75, 3.05) is 20.1 Å². The van der Waals surface area contributed by atoms with Crippen molar-refractivity contribution in [1.29, 1.82) is 0 Å². The Kier molecular flexibility index (Phi) is 7.94. The first kappa shape index (κ1) is 22.8. The van der Waals surface area contributed by atoms with Crippen molar-refractivity contribution in [2.45, 2.75) is 32.2 Å². The lowest BCUT2D eigenvalue weighted by Crippen LogP contribution is -2.27. The van der Waals surface area contributed by atoms with Gasteiger partial charge in [-0.1, -0.05) is 66.7 Å². The summed E-state index contributed by atoms with van der Waals surface area (Å²) in [6.07, 6.45) is 6.18. The summed E-state index contributed by atoms with van der Waals surface area (Å²) >= 11 is 0. The van der Waals surface area contributed by atoms with Gasteiger partial charge in [0.05, 0.1) is 0 Å². The third-order valence-corrected chi connectivity index (χ3v) is 6.16. The predicted octanol–water partition coefficient (Wildman–Crippen LogP) is 5.60. The highest BCUT2D eigenvalue weighted by Crippen LogP contribution is 2.19. The van der Waals surface area contributed by atoms with Crippen LogP contribution >= 0.6 is 0 Å². The summed E-state index contributed by atoms with van der Waals surface area (Å²) in [6, 6.07) is 26.9. The minimum Gasteiger partial charge on any atom is -0.361 e. The average molecular weight is 440 g/mol. The number of nitrogens with zero attached hydrogens (tertiary/aromatic N) is 1. The molecule has 0 saturated heterocycles. The Morgan fingerprint density at radius 1 is 0.848 bits per heavy atom. The monoisotopic (exact) mass is 439 g/mol. The van der Waals surface area contributed by atoms with E-state index in [0.717, 1.165) is 49.9 Å².